The second-order valence-electron chi connectivity index (χ2n) is 16.3. The summed E-state index contributed by atoms with van der Waals surface area (Å²) in [6.45, 7) is 23.4. The van der Waals surface area contributed by atoms with Gasteiger partial charge in [-0.3, -0.25) is 4.90 Å². The van der Waals surface area contributed by atoms with Crippen LogP contribution in [0.5, 0.6) is 0 Å². The number of rotatable bonds is 10. The highest BCUT2D eigenvalue weighted by atomic mass is 16.7. The van der Waals surface area contributed by atoms with Gasteiger partial charge in [-0.25, -0.2) is 19.2 Å². The molecule has 2 N–H and O–H groups in total. The van der Waals surface area contributed by atoms with Gasteiger partial charge in [0, 0.05) is 26.1 Å². The van der Waals surface area contributed by atoms with Gasteiger partial charge in [-0.05, 0) is 103 Å². The van der Waals surface area contributed by atoms with Gasteiger partial charge in [-0.1, -0.05) is 12.8 Å². The fraction of sp³-hybridized carbons (Fsp3) is 0.875. The number of aliphatic carboxylic acids is 1. The number of nitrogens with one attached hydrogen (secondary N) is 1. The minimum atomic E-state index is -1.65. The Hall–Kier alpha value is -2.74. The van der Waals surface area contributed by atoms with E-state index in [9.17, 15) is 24.3 Å². The van der Waals surface area contributed by atoms with E-state index in [-0.39, 0.29) is 32.5 Å². The van der Waals surface area contributed by atoms with Crippen LogP contribution in [0.15, 0.2) is 0 Å². The second-order valence-corrected chi connectivity index (χ2v) is 16.3. The lowest BCUT2D eigenvalue weighted by molar-refractivity contribution is -0.150. The molecule has 2 saturated heterocycles. The first-order valence-electron chi connectivity index (χ1n) is 16.2. The summed E-state index contributed by atoms with van der Waals surface area (Å²) in [5.41, 5.74) is -5.03. The van der Waals surface area contributed by atoms with Crippen molar-refractivity contribution in [3.63, 3.8) is 0 Å². The summed E-state index contributed by atoms with van der Waals surface area (Å²) in [5, 5.41) is 13.3. The number of carbonyl (C=O) groups is 4. The van der Waals surface area contributed by atoms with Gasteiger partial charge in [-0.15, -0.1) is 0 Å². The molecule has 0 unspecified atom stereocenters. The van der Waals surface area contributed by atoms with Gasteiger partial charge in [-0.2, -0.15) is 0 Å². The van der Waals surface area contributed by atoms with Crippen LogP contribution in [0.25, 0.3) is 0 Å². The number of alkyl carbamates (subject to hydrolysis) is 1. The third-order valence-electron chi connectivity index (χ3n) is 8.17. The average Bonchev–Trinajstić information content (AvgIpc) is 3.30. The van der Waals surface area contributed by atoms with E-state index in [0.29, 0.717) is 19.2 Å². The van der Waals surface area contributed by atoms with Gasteiger partial charge in [0.15, 0.2) is 0 Å². The molecule has 0 bridgehead atoms. The molecule has 264 valence electrons. The average molecular weight is 656 g/mol. The number of carbonyl (C=O) groups excluding carboxylic acids is 3. The van der Waals surface area contributed by atoms with Crippen molar-refractivity contribution in [2.75, 3.05) is 19.6 Å². The van der Waals surface area contributed by atoms with Crippen molar-refractivity contribution in [3.8, 4) is 0 Å². The predicted octanol–water partition coefficient (Wildman–Crippen LogP) is 5.84. The summed E-state index contributed by atoms with van der Waals surface area (Å²) in [6, 6.07) is -0.734. The minimum Gasteiger partial charge on any atom is -0.479 e. The van der Waals surface area contributed by atoms with Gasteiger partial charge in [0.25, 0.3) is 0 Å². The molecule has 2 aliphatic heterocycles. The molecule has 0 saturated carbocycles. The second kappa shape index (κ2) is 14.2. The zero-order valence-corrected chi connectivity index (χ0v) is 30.3. The molecule has 0 aromatic rings. The SMILES string of the molecule is CC(C)(C)OC(=O)NCCN(C(=O)OC(C)(C)C)[C@H]1CN(C(=O)OC(C)(C)C)[C@](CCCCB2OC(C)(C)C(C)(C)O2)(C(=O)O)C1. The first kappa shape index (κ1) is 39.4. The first-order valence-corrected chi connectivity index (χ1v) is 16.2. The highest BCUT2D eigenvalue weighted by Gasteiger charge is 2.56. The Morgan fingerprint density at radius 1 is 0.870 bits per heavy atom. The van der Waals surface area contributed by atoms with Crippen LogP contribution in [0.3, 0.4) is 0 Å². The maximum Gasteiger partial charge on any atom is 0.457 e. The van der Waals surface area contributed by atoms with Crippen LogP contribution in [0.4, 0.5) is 14.4 Å². The zero-order chi connectivity index (χ0) is 35.5. The summed E-state index contributed by atoms with van der Waals surface area (Å²) in [4.78, 5) is 55.1. The molecular formula is C32H58BN3O10. The van der Waals surface area contributed by atoms with Crippen LogP contribution in [0.2, 0.25) is 6.32 Å². The van der Waals surface area contributed by atoms with E-state index in [1.807, 2.05) is 27.7 Å². The number of amides is 3. The van der Waals surface area contributed by atoms with Crippen molar-refractivity contribution >= 4 is 31.4 Å². The molecule has 2 atom stereocenters. The monoisotopic (exact) mass is 655 g/mol. The van der Waals surface area contributed by atoms with Gasteiger partial charge in [0.1, 0.15) is 22.3 Å². The van der Waals surface area contributed by atoms with Crippen LogP contribution in [-0.4, -0.2) is 105 Å². The van der Waals surface area contributed by atoms with Crippen LogP contribution in [0.1, 0.15) is 116 Å². The first-order chi connectivity index (χ1) is 20.7. The Bertz CT molecular complexity index is 1090. The molecule has 46 heavy (non-hydrogen) atoms. The van der Waals surface area contributed by atoms with Crippen molar-refractivity contribution in [1.29, 1.82) is 0 Å². The number of hydrogen-bond acceptors (Lipinski definition) is 9. The third kappa shape index (κ3) is 10.9. The summed E-state index contributed by atoms with van der Waals surface area (Å²) in [5.74, 6) is -1.19. The summed E-state index contributed by atoms with van der Waals surface area (Å²) < 4.78 is 28.8. The number of carboxylic acids is 1. The Morgan fingerprint density at radius 2 is 1.39 bits per heavy atom. The smallest absolute Gasteiger partial charge is 0.457 e. The standard InChI is InChI=1S/C32H58BN3O10/c1-27(2,3)42-24(39)34-18-19-35(25(40)43-28(4,5)6)22-20-32(23(37)38,36(21-22)26(41)44-29(7,8)9)16-14-15-17-33-45-30(10,11)31(12,13)46-33/h22H,14-21H2,1-13H3,(H,34,39)(H,37,38)/t22-,32+/m1/s1. The van der Waals surface area contributed by atoms with Crippen LogP contribution in [0, 0.1) is 0 Å². The van der Waals surface area contributed by atoms with E-state index < -0.39 is 71.0 Å². The molecule has 2 rings (SSSR count). The quantitative estimate of drug-likeness (QED) is 0.167. The van der Waals surface area contributed by atoms with E-state index in [1.165, 1.54) is 9.80 Å². The van der Waals surface area contributed by atoms with Crippen molar-refractivity contribution < 1.29 is 47.8 Å². The van der Waals surface area contributed by atoms with Crippen LogP contribution in [-0.2, 0) is 28.3 Å². The normalized spacial score (nSPS) is 22.8. The zero-order valence-electron chi connectivity index (χ0n) is 30.3. The highest BCUT2D eigenvalue weighted by Crippen LogP contribution is 2.40. The fourth-order valence-corrected chi connectivity index (χ4v) is 5.42. The number of unbranched alkanes of at least 4 members (excludes halogenated alkanes) is 1. The molecule has 0 aromatic carbocycles. The maximum atomic E-state index is 13.6. The van der Waals surface area contributed by atoms with Crippen molar-refractivity contribution in [2.45, 2.75) is 162 Å². The molecule has 3 amide bonds. The lowest BCUT2D eigenvalue weighted by atomic mass is 9.80. The molecule has 0 spiro atoms. The molecule has 2 heterocycles. The van der Waals surface area contributed by atoms with Crippen molar-refractivity contribution in [3.05, 3.63) is 0 Å². The molecule has 0 radical (unpaired) electrons. The lowest BCUT2D eigenvalue weighted by Crippen LogP contribution is -2.54. The molecule has 2 fully saturated rings. The summed E-state index contributed by atoms with van der Waals surface area (Å²) in [6.07, 6.45) is -0.448. The van der Waals surface area contributed by atoms with E-state index in [2.05, 4.69) is 5.32 Å². The maximum absolute atomic E-state index is 13.6. The number of hydrogen-bond donors (Lipinski definition) is 2. The van der Waals surface area contributed by atoms with Gasteiger partial charge < -0.3 is 38.8 Å². The molecule has 0 aromatic heterocycles. The van der Waals surface area contributed by atoms with Crippen molar-refractivity contribution in [2.24, 2.45) is 0 Å². The van der Waals surface area contributed by atoms with Gasteiger partial charge >= 0.3 is 31.4 Å². The largest absolute Gasteiger partial charge is 0.479 e. The fourth-order valence-electron chi connectivity index (χ4n) is 5.42. The Balaban J connectivity index is 2.32. The number of carboxylic acid groups (broad SMARTS) is 1. The summed E-state index contributed by atoms with van der Waals surface area (Å²) >= 11 is 0. The molecular weight excluding hydrogens is 597 g/mol. The molecule has 2 aliphatic rings. The van der Waals surface area contributed by atoms with E-state index >= 15 is 0 Å². The number of likely N-dealkylation sites (tertiary alicyclic amines) is 1. The Labute approximate surface area is 275 Å². The minimum absolute atomic E-state index is 0.00138. The number of nitrogens with zero attached hydrogens (tertiary/aromatic N) is 2. The molecule has 0 aliphatic carbocycles. The van der Waals surface area contributed by atoms with Crippen molar-refractivity contribution in [1.82, 2.24) is 15.1 Å². The van der Waals surface area contributed by atoms with Gasteiger partial charge in [0.2, 0.25) is 0 Å². The molecule has 14 heteroatoms. The van der Waals surface area contributed by atoms with E-state index in [1.54, 1.807) is 62.3 Å². The molecule has 13 nitrogen and oxygen atoms in total. The summed E-state index contributed by atoms with van der Waals surface area (Å²) in [7, 11) is -0.427. The Morgan fingerprint density at radius 3 is 1.87 bits per heavy atom. The predicted molar refractivity (Wildman–Crippen MR) is 174 cm³/mol. The van der Waals surface area contributed by atoms with Gasteiger partial charge in [0.05, 0.1) is 17.2 Å². The number of ether oxygens (including phenoxy) is 3. The third-order valence-corrected chi connectivity index (χ3v) is 8.17. The Kier molecular flexibility index (Phi) is 12.2. The van der Waals surface area contributed by atoms with E-state index in [0.717, 1.165) is 0 Å². The topological polar surface area (TPSA) is 153 Å². The lowest BCUT2D eigenvalue weighted by Gasteiger charge is -2.35. The van der Waals surface area contributed by atoms with Crippen LogP contribution >= 0.6 is 0 Å². The highest BCUT2D eigenvalue weighted by molar-refractivity contribution is 6.45. The van der Waals surface area contributed by atoms with Crippen LogP contribution < -0.4 is 5.32 Å². The van der Waals surface area contributed by atoms with E-state index in [4.69, 9.17) is 23.5 Å².